The van der Waals surface area contributed by atoms with E-state index < -0.39 is 6.10 Å². The second kappa shape index (κ2) is 10.4. The molecule has 0 aliphatic carbocycles. The van der Waals surface area contributed by atoms with Crippen LogP contribution in [0, 0.1) is 18.3 Å². The molecule has 1 unspecified atom stereocenters. The quantitative estimate of drug-likeness (QED) is 0.476. The first kappa shape index (κ1) is 17.5. The van der Waals surface area contributed by atoms with Crippen molar-refractivity contribution in [2.75, 3.05) is 6.61 Å². The summed E-state index contributed by atoms with van der Waals surface area (Å²) in [5.41, 5.74) is 0. The lowest BCUT2D eigenvalue weighted by molar-refractivity contribution is -0.147. The number of hydrogen-bond acceptors (Lipinski definition) is 4. The van der Waals surface area contributed by atoms with E-state index in [1.54, 1.807) is 6.92 Å². The highest BCUT2D eigenvalue weighted by Crippen LogP contribution is 2.09. The second-order valence-corrected chi connectivity index (χ2v) is 4.52. The minimum Gasteiger partial charge on any atom is -0.465 e. The van der Waals surface area contributed by atoms with Gasteiger partial charge in [0.1, 0.15) is 0 Å². The molecule has 0 saturated heterocycles. The van der Waals surface area contributed by atoms with E-state index in [4.69, 9.17) is 15.9 Å². The van der Waals surface area contributed by atoms with Crippen LogP contribution in [0.3, 0.4) is 0 Å². The molecule has 0 rings (SSSR count). The molecule has 0 bridgehead atoms. The molecule has 0 aliphatic rings. The Balaban J connectivity index is 3.69. The maximum atomic E-state index is 11.4. The van der Waals surface area contributed by atoms with Crippen LogP contribution in [0.1, 0.15) is 52.9 Å². The van der Waals surface area contributed by atoms with Crippen molar-refractivity contribution in [3.8, 4) is 12.3 Å². The molecule has 0 aromatic rings. The SMILES string of the molecule is C#CC(C)OC(=O)CCCC(=O)OCC(CC)CC. The summed E-state index contributed by atoms with van der Waals surface area (Å²) in [5.74, 6) is 2.09. The van der Waals surface area contributed by atoms with Gasteiger partial charge in [-0.25, -0.2) is 0 Å². The van der Waals surface area contributed by atoms with E-state index in [9.17, 15) is 9.59 Å². The number of carbonyl (C=O) groups excluding carboxylic acids is 2. The average molecular weight is 268 g/mol. The number of ether oxygens (including phenoxy) is 2. The highest BCUT2D eigenvalue weighted by Gasteiger charge is 2.11. The average Bonchev–Trinajstić information content (AvgIpc) is 2.39. The Labute approximate surface area is 115 Å². The molecule has 0 saturated carbocycles. The Morgan fingerprint density at radius 1 is 1.16 bits per heavy atom. The minimum atomic E-state index is -0.519. The van der Waals surface area contributed by atoms with Gasteiger partial charge >= 0.3 is 11.9 Å². The van der Waals surface area contributed by atoms with E-state index in [0.29, 0.717) is 18.9 Å². The fourth-order valence-corrected chi connectivity index (χ4v) is 1.47. The summed E-state index contributed by atoms with van der Waals surface area (Å²) in [7, 11) is 0. The van der Waals surface area contributed by atoms with Gasteiger partial charge in [-0.05, 0) is 19.3 Å². The van der Waals surface area contributed by atoms with Gasteiger partial charge in [-0.15, -0.1) is 6.42 Å². The molecule has 4 heteroatoms. The van der Waals surface area contributed by atoms with Gasteiger partial charge in [-0.1, -0.05) is 32.6 Å². The van der Waals surface area contributed by atoms with Crippen molar-refractivity contribution in [1.82, 2.24) is 0 Å². The van der Waals surface area contributed by atoms with Crippen molar-refractivity contribution in [3.63, 3.8) is 0 Å². The first-order valence-corrected chi connectivity index (χ1v) is 6.84. The molecule has 1 atom stereocenters. The standard InChI is InChI=1S/C15H24O4/c1-5-12(4)19-15(17)10-8-9-14(16)18-11-13(6-2)7-3/h1,12-13H,6-11H2,2-4H3. The summed E-state index contributed by atoms with van der Waals surface area (Å²) in [4.78, 5) is 22.7. The van der Waals surface area contributed by atoms with E-state index >= 15 is 0 Å². The maximum Gasteiger partial charge on any atom is 0.307 e. The van der Waals surface area contributed by atoms with Crippen molar-refractivity contribution in [1.29, 1.82) is 0 Å². The lowest BCUT2D eigenvalue weighted by Crippen LogP contribution is -2.15. The van der Waals surface area contributed by atoms with Crippen LogP contribution < -0.4 is 0 Å². The third-order valence-corrected chi connectivity index (χ3v) is 2.94. The predicted octanol–water partition coefficient (Wildman–Crippen LogP) is 2.70. The van der Waals surface area contributed by atoms with Crippen LogP contribution in [0.4, 0.5) is 0 Å². The van der Waals surface area contributed by atoms with E-state index in [2.05, 4.69) is 19.8 Å². The molecule has 0 spiro atoms. The fourth-order valence-electron chi connectivity index (χ4n) is 1.47. The van der Waals surface area contributed by atoms with Crippen LogP contribution in [-0.4, -0.2) is 24.6 Å². The molecule has 0 amide bonds. The largest absolute Gasteiger partial charge is 0.465 e. The summed E-state index contributed by atoms with van der Waals surface area (Å²) in [6.45, 7) is 6.24. The number of hydrogen-bond donors (Lipinski definition) is 0. The lowest BCUT2D eigenvalue weighted by Gasteiger charge is -2.12. The predicted molar refractivity (Wildman–Crippen MR) is 73.3 cm³/mol. The molecule has 4 nitrogen and oxygen atoms in total. The van der Waals surface area contributed by atoms with Gasteiger partial charge in [-0.2, -0.15) is 0 Å². The monoisotopic (exact) mass is 268 g/mol. The summed E-state index contributed by atoms with van der Waals surface area (Å²) in [6, 6.07) is 0. The van der Waals surface area contributed by atoms with Crippen LogP contribution in [-0.2, 0) is 19.1 Å². The summed E-state index contributed by atoms with van der Waals surface area (Å²) < 4.78 is 10.0. The van der Waals surface area contributed by atoms with Crippen LogP contribution in [0.15, 0.2) is 0 Å². The Hall–Kier alpha value is -1.50. The highest BCUT2D eigenvalue weighted by atomic mass is 16.5. The number of rotatable bonds is 9. The molecular weight excluding hydrogens is 244 g/mol. The molecule has 0 radical (unpaired) electrons. The number of terminal acetylenes is 1. The smallest absolute Gasteiger partial charge is 0.307 e. The summed E-state index contributed by atoms with van der Waals surface area (Å²) in [5, 5.41) is 0. The van der Waals surface area contributed by atoms with Gasteiger partial charge in [0.05, 0.1) is 6.61 Å². The zero-order chi connectivity index (χ0) is 14.7. The molecule has 0 N–H and O–H groups in total. The molecule has 0 aromatic carbocycles. The Morgan fingerprint density at radius 2 is 1.74 bits per heavy atom. The zero-order valence-corrected chi connectivity index (χ0v) is 12.1. The van der Waals surface area contributed by atoms with Crippen LogP contribution in [0.2, 0.25) is 0 Å². The molecule has 0 fully saturated rings. The van der Waals surface area contributed by atoms with E-state index in [0.717, 1.165) is 12.8 Å². The molecule has 19 heavy (non-hydrogen) atoms. The van der Waals surface area contributed by atoms with E-state index in [-0.39, 0.29) is 24.8 Å². The van der Waals surface area contributed by atoms with Crippen molar-refractivity contribution < 1.29 is 19.1 Å². The zero-order valence-electron chi connectivity index (χ0n) is 12.1. The van der Waals surface area contributed by atoms with Crippen LogP contribution in [0.5, 0.6) is 0 Å². The van der Waals surface area contributed by atoms with Gasteiger partial charge in [0.25, 0.3) is 0 Å². The molecule has 108 valence electrons. The molecule has 0 aromatic heterocycles. The van der Waals surface area contributed by atoms with Gasteiger partial charge < -0.3 is 9.47 Å². The Morgan fingerprint density at radius 3 is 2.26 bits per heavy atom. The maximum absolute atomic E-state index is 11.4. The topological polar surface area (TPSA) is 52.6 Å². The first-order valence-electron chi connectivity index (χ1n) is 6.84. The summed E-state index contributed by atoms with van der Waals surface area (Å²) >= 11 is 0. The normalized spacial score (nSPS) is 11.7. The third kappa shape index (κ3) is 9.12. The van der Waals surface area contributed by atoms with Gasteiger partial charge in [0.15, 0.2) is 6.10 Å². The number of esters is 2. The molecular formula is C15H24O4. The van der Waals surface area contributed by atoms with Crippen molar-refractivity contribution in [3.05, 3.63) is 0 Å². The Bertz CT molecular complexity index is 313. The van der Waals surface area contributed by atoms with E-state index in [1.807, 2.05) is 0 Å². The lowest BCUT2D eigenvalue weighted by atomic mass is 10.1. The van der Waals surface area contributed by atoms with Crippen molar-refractivity contribution in [2.24, 2.45) is 5.92 Å². The second-order valence-electron chi connectivity index (χ2n) is 4.52. The fraction of sp³-hybridized carbons (Fsp3) is 0.733. The molecule has 0 aliphatic heterocycles. The highest BCUT2D eigenvalue weighted by molar-refractivity contribution is 5.72. The number of carbonyl (C=O) groups is 2. The third-order valence-electron chi connectivity index (χ3n) is 2.94. The van der Waals surface area contributed by atoms with Gasteiger partial charge in [0.2, 0.25) is 0 Å². The van der Waals surface area contributed by atoms with Gasteiger partial charge in [-0.3, -0.25) is 9.59 Å². The Kier molecular flexibility index (Phi) is 9.60. The van der Waals surface area contributed by atoms with Crippen LogP contribution >= 0.6 is 0 Å². The van der Waals surface area contributed by atoms with Crippen LogP contribution in [0.25, 0.3) is 0 Å². The van der Waals surface area contributed by atoms with Crippen molar-refractivity contribution >= 4 is 11.9 Å². The first-order chi connectivity index (χ1) is 9.03. The molecule has 0 heterocycles. The van der Waals surface area contributed by atoms with Gasteiger partial charge in [0, 0.05) is 12.8 Å². The minimum absolute atomic E-state index is 0.187. The van der Waals surface area contributed by atoms with Crippen molar-refractivity contribution in [2.45, 2.75) is 59.0 Å². The summed E-state index contributed by atoms with van der Waals surface area (Å²) in [6.07, 6.45) is 7.42. The van der Waals surface area contributed by atoms with E-state index in [1.165, 1.54) is 0 Å².